The van der Waals surface area contributed by atoms with Crippen LogP contribution in [0.2, 0.25) is 0 Å². The van der Waals surface area contributed by atoms with Gasteiger partial charge in [0.1, 0.15) is 0 Å². The molecule has 0 amide bonds. The first-order chi connectivity index (χ1) is 5.93. The largest absolute Gasteiger partial charge is 0.478 e. The molecule has 0 heterocycles. The molecule has 0 rings (SSSR count). The van der Waals surface area contributed by atoms with Crippen LogP contribution < -0.4 is 0 Å². The van der Waals surface area contributed by atoms with Gasteiger partial charge in [-0.05, 0) is 18.8 Å². The Hall–Kier alpha value is -1.32. The lowest BCUT2D eigenvalue weighted by Gasteiger charge is -2.03. The molecule has 0 unspecified atom stereocenters. The maximum Gasteiger partial charge on any atom is 0.331 e. The van der Waals surface area contributed by atoms with Crippen molar-refractivity contribution in [2.24, 2.45) is 5.92 Å². The molecule has 0 spiro atoms. The van der Waals surface area contributed by atoms with Crippen molar-refractivity contribution in [3.05, 3.63) is 11.6 Å². The Kier molecular flexibility index (Phi) is 4.80. The van der Waals surface area contributed by atoms with Gasteiger partial charge < -0.3 is 10.2 Å². The quantitative estimate of drug-likeness (QED) is 0.638. The summed E-state index contributed by atoms with van der Waals surface area (Å²) in [6.45, 7) is 3.92. The van der Waals surface area contributed by atoms with Crippen molar-refractivity contribution in [2.75, 3.05) is 0 Å². The van der Waals surface area contributed by atoms with E-state index in [1.54, 1.807) is 0 Å². The zero-order chi connectivity index (χ0) is 10.4. The molecule has 0 atom stereocenters. The molecule has 0 aromatic rings. The third-order valence-corrected chi connectivity index (χ3v) is 1.56. The van der Waals surface area contributed by atoms with Crippen molar-refractivity contribution >= 4 is 11.9 Å². The fourth-order valence-corrected chi connectivity index (χ4v) is 0.834. The van der Waals surface area contributed by atoms with Gasteiger partial charge in [0.05, 0.1) is 0 Å². The summed E-state index contributed by atoms with van der Waals surface area (Å²) in [6.07, 6.45) is 1.75. The van der Waals surface area contributed by atoms with Crippen LogP contribution in [0.4, 0.5) is 0 Å². The number of aliphatic carboxylic acids is 2. The van der Waals surface area contributed by atoms with Crippen molar-refractivity contribution in [3.8, 4) is 0 Å². The first kappa shape index (κ1) is 11.7. The summed E-state index contributed by atoms with van der Waals surface area (Å²) in [5, 5.41) is 17.0. The van der Waals surface area contributed by atoms with E-state index in [0.29, 0.717) is 18.8 Å². The summed E-state index contributed by atoms with van der Waals surface area (Å²) in [4.78, 5) is 20.7. The van der Waals surface area contributed by atoms with Gasteiger partial charge in [0.2, 0.25) is 0 Å². The lowest BCUT2D eigenvalue weighted by atomic mass is 10.0. The van der Waals surface area contributed by atoms with Crippen LogP contribution in [0.1, 0.15) is 26.7 Å². The zero-order valence-electron chi connectivity index (χ0n) is 7.78. The SMILES string of the molecule is CC(C)CCC(=CC(=O)O)C(=O)O. The Labute approximate surface area is 76.9 Å². The number of carboxylic acid groups (broad SMARTS) is 2. The first-order valence-corrected chi connectivity index (χ1v) is 4.10. The highest BCUT2D eigenvalue weighted by Crippen LogP contribution is 2.11. The molecule has 13 heavy (non-hydrogen) atoms. The van der Waals surface area contributed by atoms with Crippen LogP contribution in [0.5, 0.6) is 0 Å². The second-order valence-electron chi connectivity index (χ2n) is 3.25. The van der Waals surface area contributed by atoms with E-state index in [0.717, 1.165) is 6.08 Å². The molecule has 0 aromatic carbocycles. The van der Waals surface area contributed by atoms with Crippen LogP contribution in [0.25, 0.3) is 0 Å². The molecule has 0 aliphatic heterocycles. The van der Waals surface area contributed by atoms with Crippen LogP contribution in [0.3, 0.4) is 0 Å². The van der Waals surface area contributed by atoms with Gasteiger partial charge in [-0.15, -0.1) is 0 Å². The average Bonchev–Trinajstić information content (AvgIpc) is 1.96. The predicted octanol–water partition coefficient (Wildman–Crippen LogP) is 1.52. The van der Waals surface area contributed by atoms with Crippen LogP contribution in [-0.2, 0) is 9.59 Å². The molecule has 0 fully saturated rings. The van der Waals surface area contributed by atoms with E-state index in [1.165, 1.54) is 0 Å². The monoisotopic (exact) mass is 186 g/mol. The minimum Gasteiger partial charge on any atom is -0.478 e. The van der Waals surface area contributed by atoms with E-state index in [1.807, 2.05) is 13.8 Å². The van der Waals surface area contributed by atoms with Gasteiger partial charge in [-0.3, -0.25) is 0 Å². The van der Waals surface area contributed by atoms with Gasteiger partial charge in [-0.25, -0.2) is 9.59 Å². The fourth-order valence-electron chi connectivity index (χ4n) is 0.834. The Morgan fingerprint density at radius 1 is 1.31 bits per heavy atom. The standard InChI is InChI=1S/C9H14O4/c1-6(2)3-4-7(9(12)13)5-8(10)11/h5-6H,3-4H2,1-2H3,(H,10,11)(H,12,13). The topological polar surface area (TPSA) is 74.6 Å². The summed E-state index contributed by atoms with van der Waals surface area (Å²) in [5.74, 6) is -1.99. The molecular formula is C9H14O4. The van der Waals surface area contributed by atoms with Crippen molar-refractivity contribution < 1.29 is 19.8 Å². The number of carbonyl (C=O) groups is 2. The van der Waals surface area contributed by atoms with Gasteiger partial charge in [0.15, 0.2) is 0 Å². The summed E-state index contributed by atoms with van der Waals surface area (Å²) >= 11 is 0. The lowest BCUT2D eigenvalue weighted by Crippen LogP contribution is -2.05. The minimum atomic E-state index is -1.21. The summed E-state index contributed by atoms with van der Waals surface area (Å²) in [5.41, 5.74) is -0.0406. The van der Waals surface area contributed by atoms with E-state index in [9.17, 15) is 9.59 Å². The minimum absolute atomic E-state index is 0.0406. The molecular weight excluding hydrogens is 172 g/mol. The molecule has 0 bridgehead atoms. The number of hydrogen-bond donors (Lipinski definition) is 2. The van der Waals surface area contributed by atoms with Crippen LogP contribution >= 0.6 is 0 Å². The number of hydrogen-bond acceptors (Lipinski definition) is 2. The van der Waals surface area contributed by atoms with Crippen LogP contribution in [-0.4, -0.2) is 22.2 Å². The molecule has 0 saturated carbocycles. The van der Waals surface area contributed by atoms with E-state index < -0.39 is 11.9 Å². The summed E-state index contributed by atoms with van der Waals surface area (Å²) in [6, 6.07) is 0. The summed E-state index contributed by atoms with van der Waals surface area (Å²) < 4.78 is 0. The predicted molar refractivity (Wildman–Crippen MR) is 47.4 cm³/mol. The molecule has 0 aliphatic rings. The van der Waals surface area contributed by atoms with Gasteiger partial charge in [-0.1, -0.05) is 13.8 Å². The van der Waals surface area contributed by atoms with Crippen molar-refractivity contribution in [2.45, 2.75) is 26.7 Å². The first-order valence-electron chi connectivity index (χ1n) is 4.10. The van der Waals surface area contributed by atoms with Crippen LogP contribution in [0, 0.1) is 5.92 Å². The molecule has 0 radical (unpaired) electrons. The average molecular weight is 186 g/mol. The van der Waals surface area contributed by atoms with E-state index in [-0.39, 0.29) is 5.57 Å². The smallest absolute Gasteiger partial charge is 0.331 e. The lowest BCUT2D eigenvalue weighted by molar-refractivity contribution is -0.135. The van der Waals surface area contributed by atoms with Crippen molar-refractivity contribution in [1.82, 2.24) is 0 Å². The maximum atomic E-state index is 10.5. The van der Waals surface area contributed by atoms with Crippen molar-refractivity contribution in [1.29, 1.82) is 0 Å². The molecule has 4 heteroatoms. The molecule has 0 saturated heterocycles. The molecule has 74 valence electrons. The van der Waals surface area contributed by atoms with Gasteiger partial charge in [-0.2, -0.15) is 0 Å². The molecule has 0 aliphatic carbocycles. The molecule has 4 nitrogen and oxygen atoms in total. The highest BCUT2D eigenvalue weighted by atomic mass is 16.4. The Balaban J connectivity index is 4.28. The zero-order valence-corrected chi connectivity index (χ0v) is 7.78. The second-order valence-corrected chi connectivity index (χ2v) is 3.25. The Morgan fingerprint density at radius 2 is 1.85 bits per heavy atom. The van der Waals surface area contributed by atoms with Gasteiger partial charge in [0, 0.05) is 11.6 Å². The third-order valence-electron chi connectivity index (χ3n) is 1.56. The Bertz CT molecular complexity index is 228. The van der Waals surface area contributed by atoms with Crippen LogP contribution in [0.15, 0.2) is 11.6 Å². The molecule has 2 N–H and O–H groups in total. The van der Waals surface area contributed by atoms with E-state index >= 15 is 0 Å². The second kappa shape index (κ2) is 5.35. The number of rotatable bonds is 5. The summed E-state index contributed by atoms with van der Waals surface area (Å²) in [7, 11) is 0. The van der Waals surface area contributed by atoms with E-state index in [4.69, 9.17) is 10.2 Å². The van der Waals surface area contributed by atoms with Gasteiger partial charge >= 0.3 is 11.9 Å². The van der Waals surface area contributed by atoms with E-state index in [2.05, 4.69) is 0 Å². The Morgan fingerprint density at radius 3 is 2.15 bits per heavy atom. The number of carboxylic acids is 2. The normalized spacial score (nSPS) is 11.8. The highest BCUT2D eigenvalue weighted by Gasteiger charge is 2.09. The third kappa shape index (κ3) is 5.90. The maximum absolute atomic E-state index is 10.5. The van der Waals surface area contributed by atoms with Crippen molar-refractivity contribution in [3.63, 3.8) is 0 Å². The highest BCUT2D eigenvalue weighted by molar-refractivity contribution is 5.94. The fraction of sp³-hybridized carbons (Fsp3) is 0.556. The van der Waals surface area contributed by atoms with Gasteiger partial charge in [0.25, 0.3) is 0 Å². The molecule has 0 aromatic heterocycles.